The van der Waals surface area contributed by atoms with Crippen molar-refractivity contribution in [3.8, 4) is 5.75 Å². The van der Waals surface area contributed by atoms with Gasteiger partial charge in [0.05, 0.1) is 19.1 Å². The minimum atomic E-state index is -0.417. The Morgan fingerprint density at radius 2 is 2.08 bits per heavy atom. The van der Waals surface area contributed by atoms with Gasteiger partial charge < -0.3 is 10.1 Å². The second kappa shape index (κ2) is 7.04. The predicted octanol–water partition coefficient (Wildman–Crippen LogP) is 4.13. The fourth-order valence-corrected chi connectivity index (χ4v) is 3.38. The van der Waals surface area contributed by atoms with Crippen LogP contribution in [0, 0.1) is 5.82 Å². The molecule has 1 aliphatic rings. The summed E-state index contributed by atoms with van der Waals surface area (Å²) in [5.74, 6) is -0.330. The summed E-state index contributed by atoms with van der Waals surface area (Å²) >= 11 is 0. The normalized spacial score (nSPS) is 17.7. The number of rotatable bonds is 4. The summed E-state index contributed by atoms with van der Waals surface area (Å²) < 4.78 is 18.8. The first-order chi connectivity index (χ1) is 11.6. The Labute approximate surface area is 141 Å². The van der Waals surface area contributed by atoms with Gasteiger partial charge in [0.2, 0.25) is 5.91 Å². The number of amides is 1. The standard InChI is InChI=1S/C20H22FNO2/c1-13(15-10-11-19(24-2)18(21)12-15)22-20(23)17-9-5-7-14-6-3-4-8-16(14)17/h3-4,6,8,10-13,17H,5,7,9H2,1-2H3,(H,22,23). The third-order valence-corrected chi connectivity index (χ3v) is 4.72. The number of carbonyl (C=O) groups is 1. The van der Waals surface area contributed by atoms with E-state index in [0.717, 1.165) is 30.4 Å². The maximum absolute atomic E-state index is 13.9. The molecule has 3 rings (SSSR count). The number of aryl methyl sites for hydroxylation is 1. The van der Waals surface area contributed by atoms with Gasteiger partial charge in [-0.25, -0.2) is 4.39 Å². The minimum Gasteiger partial charge on any atom is -0.494 e. The number of methoxy groups -OCH3 is 1. The highest BCUT2D eigenvalue weighted by atomic mass is 19.1. The van der Waals surface area contributed by atoms with Crippen LogP contribution in [-0.4, -0.2) is 13.0 Å². The third-order valence-electron chi connectivity index (χ3n) is 4.72. The fraction of sp³-hybridized carbons (Fsp3) is 0.350. The summed E-state index contributed by atoms with van der Waals surface area (Å²) in [6.45, 7) is 1.87. The van der Waals surface area contributed by atoms with E-state index in [9.17, 15) is 9.18 Å². The molecule has 0 aliphatic heterocycles. The topological polar surface area (TPSA) is 38.3 Å². The lowest BCUT2D eigenvalue weighted by molar-refractivity contribution is -0.123. The number of carbonyl (C=O) groups excluding carboxylic acids is 1. The second-order valence-electron chi connectivity index (χ2n) is 6.27. The maximum atomic E-state index is 13.9. The SMILES string of the molecule is COc1ccc(C(C)NC(=O)C2CCCc3ccccc32)cc1F. The summed E-state index contributed by atoms with van der Waals surface area (Å²) in [7, 11) is 1.43. The molecule has 2 atom stereocenters. The number of benzene rings is 2. The van der Waals surface area contributed by atoms with Crippen LogP contribution in [0.3, 0.4) is 0 Å². The quantitative estimate of drug-likeness (QED) is 0.917. The number of ether oxygens (including phenoxy) is 1. The Balaban J connectivity index is 1.74. The van der Waals surface area contributed by atoms with Gasteiger partial charge in [-0.05, 0) is 55.0 Å². The summed E-state index contributed by atoms with van der Waals surface area (Å²) in [4.78, 5) is 12.7. The van der Waals surface area contributed by atoms with Crippen LogP contribution in [0.2, 0.25) is 0 Å². The molecule has 4 heteroatoms. The molecule has 2 aromatic carbocycles. The molecule has 0 saturated heterocycles. The van der Waals surface area contributed by atoms with Crippen LogP contribution in [0.25, 0.3) is 0 Å². The highest BCUT2D eigenvalue weighted by Crippen LogP contribution is 2.32. The first-order valence-electron chi connectivity index (χ1n) is 8.31. The van der Waals surface area contributed by atoms with Gasteiger partial charge in [-0.1, -0.05) is 30.3 Å². The fourth-order valence-electron chi connectivity index (χ4n) is 3.38. The number of hydrogen-bond acceptors (Lipinski definition) is 2. The van der Waals surface area contributed by atoms with Gasteiger partial charge in [-0.3, -0.25) is 4.79 Å². The highest BCUT2D eigenvalue weighted by molar-refractivity contribution is 5.84. The van der Waals surface area contributed by atoms with E-state index in [1.165, 1.54) is 18.7 Å². The van der Waals surface area contributed by atoms with Crippen LogP contribution in [0.5, 0.6) is 5.75 Å². The van der Waals surface area contributed by atoms with Crippen molar-refractivity contribution in [3.63, 3.8) is 0 Å². The smallest absolute Gasteiger partial charge is 0.228 e. The van der Waals surface area contributed by atoms with E-state index >= 15 is 0 Å². The van der Waals surface area contributed by atoms with Gasteiger partial charge >= 0.3 is 0 Å². The van der Waals surface area contributed by atoms with Crippen molar-refractivity contribution in [2.75, 3.05) is 7.11 Å². The second-order valence-corrected chi connectivity index (χ2v) is 6.27. The Morgan fingerprint density at radius 3 is 2.83 bits per heavy atom. The van der Waals surface area contributed by atoms with Crippen molar-refractivity contribution >= 4 is 5.91 Å². The Hall–Kier alpha value is -2.36. The maximum Gasteiger partial charge on any atom is 0.228 e. The number of halogens is 1. The lowest BCUT2D eigenvalue weighted by Gasteiger charge is -2.26. The average molecular weight is 327 g/mol. The number of nitrogens with one attached hydrogen (secondary N) is 1. The molecular formula is C20H22FNO2. The van der Waals surface area contributed by atoms with Crippen LogP contribution in [0.4, 0.5) is 4.39 Å². The molecule has 1 N–H and O–H groups in total. The van der Waals surface area contributed by atoms with Crippen LogP contribution in [0.1, 0.15) is 48.4 Å². The zero-order valence-electron chi connectivity index (χ0n) is 14.0. The Morgan fingerprint density at radius 1 is 1.29 bits per heavy atom. The van der Waals surface area contributed by atoms with Gasteiger partial charge in [-0.15, -0.1) is 0 Å². The molecule has 0 aromatic heterocycles. The zero-order valence-corrected chi connectivity index (χ0v) is 14.0. The molecule has 1 amide bonds. The van der Waals surface area contributed by atoms with E-state index in [1.807, 2.05) is 25.1 Å². The highest BCUT2D eigenvalue weighted by Gasteiger charge is 2.27. The monoisotopic (exact) mass is 327 g/mol. The molecular weight excluding hydrogens is 305 g/mol. The molecule has 0 bridgehead atoms. The molecule has 0 spiro atoms. The summed E-state index contributed by atoms with van der Waals surface area (Å²) in [6, 6.07) is 12.7. The molecule has 2 unspecified atom stereocenters. The van der Waals surface area contributed by atoms with Crippen molar-refractivity contribution in [2.45, 2.75) is 38.1 Å². The first-order valence-corrected chi connectivity index (χ1v) is 8.31. The Bertz CT molecular complexity index is 744. The van der Waals surface area contributed by atoms with Crippen molar-refractivity contribution in [1.29, 1.82) is 0 Å². The lowest BCUT2D eigenvalue weighted by atomic mass is 9.82. The van der Waals surface area contributed by atoms with Crippen LogP contribution >= 0.6 is 0 Å². The van der Waals surface area contributed by atoms with Crippen molar-refractivity contribution in [2.24, 2.45) is 0 Å². The van der Waals surface area contributed by atoms with E-state index in [-0.39, 0.29) is 23.6 Å². The van der Waals surface area contributed by atoms with Gasteiger partial charge in [0.1, 0.15) is 0 Å². The van der Waals surface area contributed by atoms with E-state index in [0.29, 0.717) is 0 Å². The average Bonchev–Trinajstić information content (AvgIpc) is 2.61. The molecule has 126 valence electrons. The Kier molecular flexibility index (Phi) is 4.84. The molecule has 24 heavy (non-hydrogen) atoms. The van der Waals surface area contributed by atoms with E-state index in [2.05, 4.69) is 11.4 Å². The largest absolute Gasteiger partial charge is 0.494 e. The third kappa shape index (κ3) is 3.28. The molecule has 0 saturated carbocycles. The molecule has 0 radical (unpaired) electrons. The lowest BCUT2D eigenvalue weighted by Crippen LogP contribution is -2.33. The summed E-state index contributed by atoms with van der Waals surface area (Å²) in [6.07, 6.45) is 2.90. The van der Waals surface area contributed by atoms with Crippen molar-refractivity contribution in [1.82, 2.24) is 5.32 Å². The molecule has 2 aromatic rings. The zero-order chi connectivity index (χ0) is 17.1. The number of fused-ring (bicyclic) bond motifs is 1. The van der Waals surface area contributed by atoms with Gasteiger partial charge in [-0.2, -0.15) is 0 Å². The van der Waals surface area contributed by atoms with Gasteiger partial charge in [0.15, 0.2) is 11.6 Å². The molecule has 1 aliphatic carbocycles. The summed E-state index contributed by atoms with van der Waals surface area (Å²) in [5.41, 5.74) is 3.10. The van der Waals surface area contributed by atoms with Crippen LogP contribution in [0.15, 0.2) is 42.5 Å². The molecule has 3 nitrogen and oxygen atoms in total. The van der Waals surface area contributed by atoms with Crippen molar-refractivity contribution < 1.29 is 13.9 Å². The first kappa shape index (κ1) is 16.5. The number of hydrogen-bond donors (Lipinski definition) is 1. The predicted molar refractivity (Wildman–Crippen MR) is 91.6 cm³/mol. The van der Waals surface area contributed by atoms with E-state index in [4.69, 9.17) is 4.74 Å². The van der Waals surface area contributed by atoms with E-state index < -0.39 is 5.82 Å². The van der Waals surface area contributed by atoms with Crippen molar-refractivity contribution in [3.05, 3.63) is 65.0 Å². The van der Waals surface area contributed by atoms with Crippen LogP contribution in [-0.2, 0) is 11.2 Å². The summed E-state index contributed by atoms with van der Waals surface area (Å²) in [5, 5.41) is 3.03. The van der Waals surface area contributed by atoms with Crippen LogP contribution < -0.4 is 10.1 Å². The minimum absolute atomic E-state index is 0.00544. The van der Waals surface area contributed by atoms with Gasteiger partial charge in [0, 0.05) is 0 Å². The molecule has 0 heterocycles. The molecule has 0 fully saturated rings. The van der Waals surface area contributed by atoms with E-state index in [1.54, 1.807) is 12.1 Å². The van der Waals surface area contributed by atoms with Gasteiger partial charge in [0.25, 0.3) is 0 Å².